The van der Waals surface area contributed by atoms with Crippen LogP contribution in [0.15, 0.2) is 36.7 Å². The molecule has 0 fully saturated rings. The maximum absolute atomic E-state index is 13.0. The summed E-state index contributed by atoms with van der Waals surface area (Å²) in [6, 6.07) is 5.80. The van der Waals surface area contributed by atoms with Crippen LogP contribution in [0, 0.1) is 5.82 Å². The van der Waals surface area contributed by atoms with Gasteiger partial charge < -0.3 is 11.1 Å². The molecule has 102 valence electrons. The third kappa shape index (κ3) is 3.28. The first kappa shape index (κ1) is 14.4. The highest BCUT2D eigenvalue weighted by molar-refractivity contribution is 7.80. The fraction of sp³-hybridized carbons (Fsp3) is 0. The van der Waals surface area contributed by atoms with Crippen molar-refractivity contribution in [3.63, 3.8) is 0 Å². The van der Waals surface area contributed by atoms with Crippen LogP contribution in [0.3, 0.4) is 0 Å². The lowest BCUT2D eigenvalue weighted by molar-refractivity contribution is 0.102. The van der Waals surface area contributed by atoms with Crippen molar-refractivity contribution in [2.45, 2.75) is 0 Å². The van der Waals surface area contributed by atoms with Gasteiger partial charge >= 0.3 is 0 Å². The fourth-order valence-electron chi connectivity index (χ4n) is 1.57. The summed E-state index contributed by atoms with van der Waals surface area (Å²) in [4.78, 5) is 15.7. The van der Waals surface area contributed by atoms with Crippen molar-refractivity contribution in [3.05, 3.63) is 58.6 Å². The number of nitrogens with zero attached hydrogens (tertiary/aromatic N) is 1. The van der Waals surface area contributed by atoms with Gasteiger partial charge in [0.25, 0.3) is 5.91 Å². The molecule has 2 aromatic rings. The van der Waals surface area contributed by atoms with E-state index < -0.39 is 11.7 Å². The molecule has 0 spiro atoms. The van der Waals surface area contributed by atoms with E-state index in [9.17, 15) is 9.18 Å². The van der Waals surface area contributed by atoms with Gasteiger partial charge in [-0.3, -0.25) is 9.78 Å². The van der Waals surface area contributed by atoms with E-state index in [1.807, 2.05) is 0 Å². The Morgan fingerprint density at radius 2 is 2.10 bits per heavy atom. The maximum Gasteiger partial charge on any atom is 0.257 e. The molecule has 2 rings (SSSR count). The molecule has 1 amide bonds. The van der Waals surface area contributed by atoms with Crippen LogP contribution in [0.1, 0.15) is 15.9 Å². The first-order valence-electron chi connectivity index (χ1n) is 5.48. The number of amides is 1. The number of pyridine rings is 1. The highest BCUT2D eigenvalue weighted by atomic mass is 35.5. The quantitative estimate of drug-likeness (QED) is 0.856. The third-order valence-electron chi connectivity index (χ3n) is 2.46. The molecule has 0 aliphatic rings. The van der Waals surface area contributed by atoms with Crippen molar-refractivity contribution in [2.75, 3.05) is 5.32 Å². The molecule has 7 heteroatoms. The van der Waals surface area contributed by atoms with Crippen molar-refractivity contribution in [1.29, 1.82) is 0 Å². The number of aromatic nitrogens is 1. The lowest BCUT2D eigenvalue weighted by Gasteiger charge is -2.10. The van der Waals surface area contributed by atoms with Gasteiger partial charge in [0.2, 0.25) is 0 Å². The molecule has 4 nitrogen and oxygen atoms in total. The largest absolute Gasteiger partial charge is 0.389 e. The molecule has 3 N–H and O–H groups in total. The van der Waals surface area contributed by atoms with Crippen LogP contribution in [-0.4, -0.2) is 15.9 Å². The van der Waals surface area contributed by atoms with Crippen LogP contribution < -0.4 is 11.1 Å². The number of carbonyl (C=O) groups excluding carboxylic acids is 1. The number of hydrogen-bond donors (Lipinski definition) is 2. The van der Waals surface area contributed by atoms with E-state index in [1.54, 1.807) is 12.1 Å². The second kappa shape index (κ2) is 5.94. The molecule has 0 saturated heterocycles. The molecular weight excluding hydrogens is 301 g/mol. The van der Waals surface area contributed by atoms with Gasteiger partial charge in [0.15, 0.2) is 0 Å². The molecule has 0 saturated carbocycles. The number of rotatable bonds is 3. The van der Waals surface area contributed by atoms with E-state index in [0.717, 1.165) is 12.3 Å². The number of hydrogen-bond acceptors (Lipinski definition) is 3. The topological polar surface area (TPSA) is 68.0 Å². The summed E-state index contributed by atoms with van der Waals surface area (Å²) in [5.74, 6) is -1.13. The molecular formula is C13H9ClFN3OS. The van der Waals surface area contributed by atoms with Crippen molar-refractivity contribution in [2.24, 2.45) is 5.73 Å². The van der Waals surface area contributed by atoms with E-state index in [4.69, 9.17) is 29.6 Å². The van der Waals surface area contributed by atoms with Crippen molar-refractivity contribution < 1.29 is 9.18 Å². The summed E-state index contributed by atoms with van der Waals surface area (Å²) in [6.07, 6.45) is 2.26. The zero-order valence-electron chi connectivity index (χ0n) is 10.1. The molecule has 0 unspecified atom stereocenters. The van der Waals surface area contributed by atoms with Crippen LogP contribution in [0.5, 0.6) is 0 Å². The maximum atomic E-state index is 13.0. The fourth-order valence-corrected chi connectivity index (χ4v) is 1.92. The van der Waals surface area contributed by atoms with Crippen LogP contribution in [0.2, 0.25) is 5.02 Å². The minimum absolute atomic E-state index is 0.0823. The Balaban J connectivity index is 2.32. The minimum Gasteiger partial charge on any atom is -0.389 e. The lowest BCUT2D eigenvalue weighted by Crippen LogP contribution is -2.18. The van der Waals surface area contributed by atoms with E-state index in [0.29, 0.717) is 16.3 Å². The molecule has 0 atom stereocenters. The average molecular weight is 310 g/mol. The highest BCUT2D eigenvalue weighted by Crippen LogP contribution is 2.21. The first-order valence-corrected chi connectivity index (χ1v) is 6.27. The Kier molecular flexibility index (Phi) is 4.26. The lowest BCUT2D eigenvalue weighted by atomic mass is 10.1. The number of thiocarbonyl (C=S) groups is 1. The van der Waals surface area contributed by atoms with Crippen LogP contribution in [-0.2, 0) is 0 Å². The molecule has 0 aliphatic heterocycles. The van der Waals surface area contributed by atoms with Crippen LogP contribution in [0.25, 0.3) is 0 Å². The van der Waals surface area contributed by atoms with Gasteiger partial charge in [-0.15, -0.1) is 0 Å². The monoisotopic (exact) mass is 309 g/mol. The van der Waals surface area contributed by atoms with Gasteiger partial charge in [-0.2, -0.15) is 0 Å². The van der Waals surface area contributed by atoms with Crippen molar-refractivity contribution in [3.8, 4) is 0 Å². The minimum atomic E-state index is -0.599. The number of carbonyl (C=O) groups is 1. The predicted molar refractivity (Wildman–Crippen MR) is 79.5 cm³/mol. The first-order chi connectivity index (χ1) is 9.47. The van der Waals surface area contributed by atoms with Crippen molar-refractivity contribution in [1.82, 2.24) is 4.98 Å². The zero-order valence-corrected chi connectivity index (χ0v) is 11.6. The van der Waals surface area contributed by atoms with E-state index in [2.05, 4.69) is 10.3 Å². The smallest absolute Gasteiger partial charge is 0.257 e. The van der Waals surface area contributed by atoms with Crippen molar-refractivity contribution >= 4 is 40.4 Å². The second-order valence-corrected chi connectivity index (χ2v) is 4.78. The predicted octanol–water partition coefficient (Wildman–Crippen LogP) is 2.76. The standard InChI is InChI=1S/C13H9ClFN3OS/c14-8-1-2-10(12(16)20)11(4-8)18-13(19)7-3-9(15)6-17-5-7/h1-6H,(H2,16,20)(H,18,19). The molecule has 1 heterocycles. The summed E-state index contributed by atoms with van der Waals surface area (Å²) in [6.45, 7) is 0. The number of halogens is 2. The third-order valence-corrected chi connectivity index (χ3v) is 2.92. The molecule has 0 bridgehead atoms. The molecule has 20 heavy (non-hydrogen) atoms. The number of benzene rings is 1. The normalized spacial score (nSPS) is 10.1. The molecule has 0 radical (unpaired) electrons. The summed E-state index contributed by atoms with van der Waals surface area (Å²) < 4.78 is 13.0. The van der Waals surface area contributed by atoms with Gasteiger partial charge in [-0.05, 0) is 24.3 Å². The zero-order chi connectivity index (χ0) is 14.7. The summed E-state index contributed by atoms with van der Waals surface area (Å²) in [7, 11) is 0. The number of anilines is 1. The molecule has 0 aliphatic carbocycles. The van der Waals surface area contributed by atoms with Gasteiger partial charge in [0.1, 0.15) is 10.8 Å². The van der Waals surface area contributed by atoms with Gasteiger partial charge in [0.05, 0.1) is 17.4 Å². The second-order valence-electron chi connectivity index (χ2n) is 3.90. The molecule has 1 aromatic carbocycles. The summed E-state index contributed by atoms with van der Waals surface area (Å²) >= 11 is 10.8. The Morgan fingerprint density at radius 3 is 2.75 bits per heavy atom. The van der Waals surface area contributed by atoms with Gasteiger partial charge in [-0.1, -0.05) is 23.8 Å². The Morgan fingerprint density at radius 1 is 1.35 bits per heavy atom. The Hall–Kier alpha value is -2.05. The van der Waals surface area contributed by atoms with E-state index in [1.165, 1.54) is 12.3 Å². The Labute approximate surface area is 124 Å². The number of nitrogens with one attached hydrogen (secondary N) is 1. The summed E-state index contributed by atoms with van der Waals surface area (Å²) in [5, 5.41) is 2.99. The average Bonchev–Trinajstić information content (AvgIpc) is 2.38. The van der Waals surface area contributed by atoms with E-state index >= 15 is 0 Å². The van der Waals surface area contributed by atoms with Crippen LogP contribution in [0.4, 0.5) is 10.1 Å². The SMILES string of the molecule is NC(=S)c1ccc(Cl)cc1NC(=O)c1cncc(F)c1. The molecule has 1 aromatic heterocycles. The highest BCUT2D eigenvalue weighted by Gasteiger charge is 2.12. The Bertz CT molecular complexity index is 693. The number of nitrogens with two attached hydrogens (primary N) is 1. The van der Waals surface area contributed by atoms with E-state index in [-0.39, 0.29) is 10.6 Å². The van der Waals surface area contributed by atoms with Crippen LogP contribution >= 0.6 is 23.8 Å². The summed E-state index contributed by atoms with van der Waals surface area (Å²) in [5.41, 5.74) is 6.48. The van der Waals surface area contributed by atoms with Gasteiger partial charge in [0, 0.05) is 16.8 Å². The van der Waals surface area contributed by atoms with Gasteiger partial charge in [-0.25, -0.2) is 4.39 Å².